The second-order valence-corrected chi connectivity index (χ2v) is 4.53. The Labute approximate surface area is 131 Å². The van der Waals surface area contributed by atoms with Gasteiger partial charge in [0.1, 0.15) is 5.75 Å². The monoisotopic (exact) mass is 305 g/mol. The highest BCUT2D eigenvalue weighted by atomic mass is 16.3. The molecule has 0 aliphatic heterocycles. The van der Waals surface area contributed by atoms with Crippen LogP contribution in [-0.4, -0.2) is 17.0 Å². The molecule has 7 heteroatoms. The minimum Gasteiger partial charge on any atom is -0.507 e. The van der Waals surface area contributed by atoms with Gasteiger partial charge in [-0.1, -0.05) is 12.1 Å². The van der Waals surface area contributed by atoms with Crippen LogP contribution in [0.2, 0.25) is 0 Å². The maximum Gasteiger partial charge on any atom is 0.284 e. The van der Waals surface area contributed by atoms with Crippen molar-refractivity contribution < 1.29 is 9.90 Å². The Kier molecular flexibility index (Phi) is 4.25. The highest BCUT2D eigenvalue weighted by molar-refractivity contribution is 6.09. The van der Waals surface area contributed by atoms with Crippen molar-refractivity contribution in [3.05, 3.63) is 53.1 Å². The summed E-state index contributed by atoms with van der Waals surface area (Å²) in [6, 6.07) is 12.8. The molecule has 0 aromatic heterocycles. The molecule has 0 radical (unpaired) electrons. The summed E-state index contributed by atoms with van der Waals surface area (Å²) < 4.78 is 0. The van der Waals surface area contributed by atoms with Crippen LogP contribution in [0.5, 0.6) is 5.75 Å². The van der Waals surface area contributed by atoms with Crippen LogP contribution in [0.4, 0.5) is 0 Å². The predicted molar refractivity (Wildman–Crippen MR) is 83.1 cm³/mol. The Morgan fingerprint density at radius 3 is 2.22 bits per heavy atom. The molecule has 7 nitrogen and oxygen atoms in total. The van der Waals surface area contributed by atoms with Crippen molar-refractivity contribution in [3.63, 3.8) is 0 Å². The summed E-state index contributed by atoms with van der Waals surface area (Å²) in [4.78, 5) is 15.6. The molecule has 23 heavy (non-hydrogen) atoms. The molecule has 0 spiro atoms. The molecule has 5 N–H and O–H groups in total. The zero-order valence-electron chi connectivity index (χ0n) is 11.8. The van der Waals surface area contributed by atoms with Crippen molar-refractivity contribution in [3.8, 4) is 29.0 Å². The Balaban J connectivity index is 2.76. The van der Waals surface area contributed by atoms with Crippen molar-refractivity contribution in [1.82, 2.24) is 0 Å². The number of nitrogens with zero attached hydrogens (tertiary/aromatic N) is 3. The number of aliphatic imine (C=N–C) groups is 1. The molecule has 2 aromatic rings. The Hall–Kier alpha value is -3.84. The third-order valence-electron chi connectivity index (χ3n) is 3.05. The number of guanidine groups is 1. The summed E-state index contributed by atoms with van der Waals surface area (Å²) in [7, 11) is 0. The van der Waals surface area contributed by atoms with Gasteiger partial charge in [-0.25, -0.2) is 0 Å². The van der Waals surface area contributed by atoms with Gasteiger partial charge in [0.05, 0.1) is 28.8 Å². The van der Waals surface area contributed by atoms with Gasteiger partial charge >= 0.3 is 0 Å². The first-order chi connectivity index (χ1) is 11.0. The summed E-state index contributed by atoms with van der Waals surface area (Å²) in [5, 5.41) is 28.1. The van der Waals surface area contributed by atoms with Crippen LogP contribution in [0.15, 0.2) is 41.4 Å². The number of hydrogen-bond acceptors (Lipinski definition) is 4. The lowest BCUT2D eigenvalue weighted by atomic mass is 9.93. The van der Waals surface area contributed by atoms with Crippen molar-refractivity contribution >= 4 is 11.9 Å². The van der Waals surface area contributed by atoms with Gasteiger partial charge in [0.15, 0.2) is 5.96 Å². The zero-order valence-corrected chi connectivity index (χ0v) is 11.8. The lowest BCUT2D eigenvalue weighted by Crippen LogP contribution is -2.24. The topological polar surface area (TPSA) is 149 Å². The van der Waals surface area contributed by atoms with Crippen LogP contribution in [0.1, 0.15) is 21.5 Å². The molecule has 0 fully saturated rings. The molecule has 0 aliphatic carbocycles. The number of rotatable bonds is 2. The van der Waals surface area contributed by atoms with E-state index in [0.717, 1.165) is 0 Å². The molecule has 0 atom stereocenters. The zero-order chi connectivity index (χ0) is 17.0. The quantitative estimate of drug-likeness (QED) is 0.560. The maximum absolute atomic E-state index is 12.2. The van der Waals surface area contributed by atoms with Gasteiger partial charge in [-0.2, -0.15) is 15.5 Å². The molecule has 0 saturated carbocycles. The van der Waals surface area contributed by atoms with E-state index in [1.165, 1.54) is 24.3 Å². The van der Waals surface area contributed by atoms with Crippen LogP contribution in [0, 0.1) is 22.7 Å². The van der Waals surface area contributed by atoms with E-state index in [1.807, 2.05) is 12.1 Å². The highest BCUT2D eigenvalue weighted by Gasteiger charge is 2.21. The SMILES string of the molecule is N#Cc1ccc(-c2c(C#N)ccc(O)c2C(=O)N=C(N)N)cc1. The number of carbonyl (C=O) groups is 1. The first kappa shape index (κ1) is 15.5. The molecule has 1 amide bonds. The minimum atomic E-state index is -0.862. The van der Waals surface area contributed by atoms with E-state index in [-0.39, 0.29) is 22.4 Å². The number of nitriles is 2. The van der Waals surface area contributed by atoms with Crippen LogP contribution >= 0.6 is 0 Å². The molecule has 0 aliphatic rings. The van der Waals surface area contributed by atoms with Crippen molar-refractivity contribution in [2.75, 3.05) is 0 Å². The van der Waals surface area contributed by atoms with Gasteiger partial charge in [-0.05, 0) is 29.8 Å². The average molecular weight is 305 g/mol. The van der Waals surface area contributed by atoms with E-state index in [2.05, 4.69) is 4.99 Å². The number of phenols is 1. The molecular formula is C16H11N5O2. The molecule has 112 valence electrons. The molecule has 2 rings (SSSR count). The molecule has 2 aromatic carbocycles. The maximum atomic E-state index is 12.2. The average Bonchev–Trinajstić information content (AvgIpc) is 2.53. The number of benzene rings is 2. The molecule has 0 unspecified atom stereocenters. The summed E-state index contributed by atoms with van der Waals surface area (Å²) in [6.45, 7) is 0. The van der Waals surface area contributed by atoms with E-state index in [9.17, 15) is 15.2 Å². The fourth-order valence-electron chi connectivity index (χ4n) is 2.09. The second kappa shape index (κ2) is 6.29. The fourth-order valence-corrected chi connectivity index (χ4v) is 2.09. The Morgan fingerprint density at radius 1 is 1.04 bits per heavy atom. The first-order valence-electron chi connectivity index (χ1n) is 6.38. The number of aromatic hydroxyl groups is 1. The normalized spacial score (nSPS) is 9.48. The number of carbonyl (C=O) groups excluding carboxylic acids is 1. The van der Waals surface area contributed by atoms with Gasteiger partial charge in [0.2, 0.25) is 0 Å². The molecule has 0 bridgehead atoms. The Bertz CT molecular complexity index is 882. The third-order valence-corrected chi connectivity index (χ3v) is 3.05. The molecule has 0 saturated heterocycles. The smallest absolute Gasteiger partial charge is 0.284 e. The van der Waals surface area contributed by atoms with Crippen LogP contribution < -0.4 is 11.5 Å². The van der Waals surface area contributed by atoms with Crippen LogP contribution in [-0.2, 0) is 0 Å². The first-order valence-corrected chi connectivity index (χ1v) is 6.38. The predicted octanol–water partition coefficient (Wildman–Crippen LogP) is 1.22. The molecular weight excluding hydrogens is 294 g/mol. The lowest BCUT2D eigenvalue weighted by molar-refractivity contribution is 0.100. The van der Waals surface area contributed by atoms with E-state index in [4.69, 9.17) is 16.7 Å². The summed E-state index contributed by atoms with van der Waals surface area (Å²) in [6.07, 6.45) is 0. The van der Waals surface area contributed by atoms with Crippen molar-refractivity contribution in [2.24, 2.45) is 16.5 Å². The minimum absolute atomic E-state index is 0.168. The van der Waals surface area contributed by atoms with E-state index in [1.54, 1.807) is 12.1 Å². The fraction of sp³-hybridized carbons (Fsp3) is 0. The summed E-state index contributed by atoms with van der Waals surface area (Å²) in [5.74, 6) is -1.67. The van der Waals surface area contributed by atoms with E-state index < -0.39 is 11.9 Å². The van der Waals surface area contributed by atoms with Crippen molar-refractivity contribution in [2.45, 2.75) is 0 Å². The van der Waals surface area contributed by atoms with Gasteiger partial charge in [-0.15, -0.1) is 0 Å². The van der Waals surface area contributed by atoms with E-state index in [0.29, 0.717) is 11.1 Å². The third kappa shape index (κ3) is 3.09. The number of phenolic OH excluding ortho intramolecular Hbond substituents is 1. The summed E-state index contributed by atoms with van der Waals surface area (Å²) >= 11 is 0. The second-order valence-electron chi connectivity index (χ2n) is 4.53. The standard InChI is InChI=1S/C16H11N5O2/c17-7-9-1-3-10(4-2-9)13-11(8-18)5-6-12(22)14(13)15(23)21-16(19)20/h1-6,22H,(H4,19,20,21,23). The van der Waals surface area contributed by atoms with Crippen LogP contribution in [0.3, 0.4) is 0 Å². The van der Waals surface area contributed by atoms with Gasteiger partial charge in [-0.3, -0.25) is 4.79 Å². The largest absolute Gasteiger partial charge is 0.507 e. The van der Waals surface area contributed by atoms with Gasteiger partial charge in [0.25, 0.3) is 5.91 Å². The van der Waals surface area contributed by atoms with Gasteiger partial charge < -0.3 is 16.6 Å². The van der Waals surface area contributed by atoms with Crippen molar-refractivity contribution in [1.29, 1.82) is 10.5 Å². The number of nitrogens with two attached hydrogens (primary N) is 2. The van der Waals surface area contributed by atoms with Crippen LogP contribution in [0.25, 0.3) is 11.1 Å². The lowest BCUT2D eigenvalue weighted by Gasteiger charge is -2.11. The molecule has 0 heterocycles. The van der Waals surface area contributed by atoms with Gasteiger partial charge in [0, 0.05) is 5.56 Å². The number of amides is 1. The Morgan fingerprint density at radius 2 is 1.70 bits per heavy atom. The highest BCUT2D eigenvalue weighted by Crippen LogP contribution is 2.34. The van der Waals surface area contributed by atoms with E-state index >= 15 is 0 Å². The summed E-state index contributed by atoms with van der Waals surface area (Å²) in [5.41, 5.74) is 11.5. The number of hydrogen-bond donors (Lipinski definition) is 3.